The van der Waals surface area contributed by atoms with Crippen LogP contribution >= 0.6 is 23.8 Å². The molecule has 2 aromatic rings. The number of hydrogen-bond donors (Lipinski definition) is 2. The third kappa shape index (κ3) is 3.53. The van der Waals surface area contributed by atoms with Crippen LogP contribution < -0.4 is 14.9 Å². The number of rotatable bonds is 7. The molecule has 8 heteroatoms. The van der Waals surface area contributed by atoms with E-state index in [0.717, 1.165) is 17.8 Å². The maximum absolute atomic E-state index is 6.26. The highest BCUT2D eigenvalue weighted by Crippen LogP contribution is 2.36. The zero-order chi connectivity index (χ0) is 16.1. The molecule has 1 aromatic heterocycles. The Morgan fingerprint density at radius 3 is 2.82 bits per heavy atom. The quantitative estimate of drug-likeness (QED) is 0.756. The molecule has 1 heterocycles. The van der Waals surface area contributed by atoms with Crippen molar-refractivity contribution in [2.24, 2.45) is 0 Å². The molecule has 0 spiro atoms. The highest BCUT2D eigenvalue weighted by molar-refractivity contribution is 7.71. The Balaban J connectivity index is 2.21. The normalized spacial score (nSPS) is 10.5. The number of aromatic amines is 1. The Kier molecular flexibility index (Phi) is 5.68. The summed E-state index contributed by atoms with van der Waals surface area (Å²) in [5, 5.41) is 7.43. The van der Waals surface area contributed by atoms with Crippen molar-refractivity contribution in [3.8, 4) is 11.5 Å². The van der Waals surface area contributed by atoms with Crippen molar-refractivity contribution >= 4 is 23.8 Å². The fourth-order valence-corrected chi connectivity index (χ4v) is 2.56. The van der Waals surface area contributed by atoms with Gasteiger partial charge in [0.1, 0.15) is 0 Å². The number of benzene rings is 1. The van der Waals surface area contributed by atoms with E-state index in [1.54, 1.807) is 11.8 Å². The predicted octanol–water partition coefficient (Wildman–Crippen LogP) is 3.31. The van der Waals surface area contributed by atoms with E-state index in [1.807, 2.05) is 26.0 Å². The minimum atomic E-state index is 0.518. The average molecular weight is 343 g/mol. The summed E-state index contributed by atoms with van der Waals surface area (Å²) in [4.78, 5) is 0. The Labute approximate surface area is 139 Å². The maximum atomic E-state index is 6.26. The van der Waals surface area contributed by atoms with Crippen molar-refractivity contribution in [2.75, 3.05) is 19.1 Å². The standard InChI is InChI=1S/C14H19ClN4O2S/c1-4-12-17-18-14(22)19(12)16-8-9-6-10(15)13(21-5-2)11(7-9)20-3/h6-7,16H,4-5,8H2,1-3H3,(H,18,22). The first kappa shape index (κ1) is 16.6. The molecule has 2 N–H and O–H groups in total. The number of aryl methyl sites for hydroxylation is 1. The summed E-state index contributed by atoms with van der Waals surface area (Å²) >= 11 is 11.5. The summed E-state index contributed by atoms with van der Waals surface area (Å²) in [6.07, 6.45) is 0.771. The molecular weight excluding hydrogens is 324 g/mol. The molecule has 0 amide bonds. The van der Waals surface area contributed by atoms with Gasteiger partial charge in [-0.2, -0.15) is 5.10 Å². The van der Waals surface area contributed by atoms with Crippen LogP contribution in [0.25, 0.3) is 0 Å². The molecule has 0 bridgehead atoms. The zero-order valence-electron chi connectivity index (χ0n) is 12.8. The number of nitrogens with one attached hydrogen (secondary N) is 2. The number of aromatic nitrogens is 3. The van der Waals surface area contributed by atoms with Crippen molar-refractivity contribution in [3.05, 3.63) is 33.3 Å². The topological polar surface area (TPSA) is 64.1 Å². The summed E-state index contributed by atoms with van der Waals surface area (Å²) < 4.78 is 13.1. The van der Waals surface area contributed by atoms with Gasteiger partial charge < -0.3 is 14.9 Å². The highest BCUT2D eigenvalue weighted by Gasteiger charge is 2.12. The van der Waals surface area contributed by atoms with Crippen LogP contribution in [0.4, 0.5) is 0 Å². The lowest BCUT2D eigenvalue weighted by molar-refractivity contribution is 0.311. The molecule has 0 radical (unpaired) electrons. The third-order valence-electron chi connectivity index (χ3n) is 3.08. The van der Waals surface area contributed by atoms with Gasteiger partial charge in [0.15, 0.2) is 17.3 Å². The SMILES string of the molecule is CCOc1c(Cl)cc(CNn2c(CC)n[nH]c2=S)cc1OC. The number of halogens is 1. The van der Waals surface area contributed by atoms with Gasteiger partial charge in [0.2, 0.25) is 4.77 Å². The molecule has 22 heavy (non-hydrogen) atoms. The molecule has 6 nitrogen and oxygen atoms in total. The van der Waals surface area contributed by atoms with Gasteiger partial charge in [-0.3, -0.25) is 5.10 Å². The summed E-state index contributed by atoms with van der Waals surface area (Å²) in [5.74, 6) is 2.01. The van der Waals surface area contributed by atoms with Gasteiger partial charge in [-0.25, -0.2) is 4.68 Å². The Hall–Kier alpha value is -1.73. The second-order valence-electron chi connectivity index (χ2n) is 4.51. The highest BCUT2D eigenvalue weighted by atomic mass is 35.5. The van der Waals surface area contributed by atoms with Gasteiger partial charge in [-0.1, -0.05) is 18.5 Å². The molecule has 0 saturated carbocycles. The predicted molar refractivity (Wildman–Crippen MR) is 89.0 cm³/mol. The Bertz CT molecular complexity index is 699. The van der Waals surface area contributed by atoms with Gasteiger partial charge >= 0.3 is 0 Å². The van der Waals surface area contributed by atoms with Crippen LogP contribution in [0.2, 0.25) is 5.02 Å². The van der Waals surface area contributed by atoms with E-state index in [1.165, 1.54) is 0 Å². The summed E-state index contributed by atoms with van der Waals surface area (Å²) in [6, 6.07) is 3.73. The number of ether oxygens (including phenoxy) is 2. The Morgan fingerprint density at radius 1 is 1.41 bits per heavy atom. The van der Waals surface area contributed by atoms with Crippen molar-refractivity contribution in [3.63, 3.8) is 0 Å². The van der Waals surface area contributed by atoms with E-state index in [4.69, 9.17) is 33.3 Å². The van der Waals surface area contributed by atoms with Crippen LogP contribution in [0, 0.1) is 4.77 Å². The molecule has 120 valence electrons. The van der Waals surface area contributed by atoms with E-state index in [2.05, 4.69) is 15.6 Å². The fourth-order valence-electron chi connectivity index (χ4n) is 2.06. The molecule has 0 saturated heterocycles. The van der Waals surface area contributed by atoms with E-state index in [0.29, 0.717) is 34.4 Å². The van der Waals surface area contributed by atoms with Gasteiger partial charge in [0.05, 0.1) is 25.3 Å². The molecule has 0 aliphatic carbocycles. The molecule has 0 unspecified atom stereocenters. The van der Waals surface area contributed by atoms with Crippen molar-refractivity contribution in [1.82, 2.24) is 14.9 Å². The molecule has 2 rings (SSSR count). The minimum absolute atomic E-state index is 0.518. The number of nitrogens with zero attached hydrogens (tertiary/aromatic N) is 2. The second-order valence-corrected chi connectivity index (χ2v) is 5.30. The van der Waals surface area contributed by atoms with Gasteiger partial charge in [0.25, 0.3) is 0 Å². The first-order valence-corrected chi connectivity index (χ1v) is 7.78. The molecule has 0 fully saturated rings. The first-order valence-electron chi connectivity index (χ1n) is 7.00. The van der Waals surface area contributed by atoms with E-state index < -0.39 is 0 Å². The second kappa shape index (κ2) is 7.51. The Morgan fingerprint density at radius 2 is 2.18 bits per heavy atom. The van der Waals surface area contributed by atoms with Gasteiger partial charge in [0, 0.05) is 6.42 Å². The van der Waals surface area contributed by atoms with Crippen LogP contribution in [0.15, 0.2) is 12.1 Å². The number of H-pyrrole nitrogens is 1. The molecule has 0 atom stereocenters. The van der Waals surface area contributed by atoms with Crippen molar-refractivity contribution in [1.29, 1.82) is 0 Å². The largest absolute Gasteiger partial charge is 0.493 e. The monoisotopic (exact) mass is 342 g/mol. The first-order chi connectivity index (χ1) is 10.6. The van der Waals surface area contributed by atoms with E-state index >= 15 is 0 Å². The molecule has 0 aliphatic rings. The minimum Gasteiger partial charge on any atom is -0.493 e. The van der Waals surface area contributed by atoms with Crippen LogP contribution in [0.5, 0.6) is 11.5 Å². The van der Waals surface area contributed by atoms with E-state index in [-0.39, 0.29) is 0 Å². The van der Waals surface area contributed by atoms with Gasteiger partial charge in [-0.15, -0.1) is 0 Å². The maximum Gasteiger partial charge on any atom is 0.214 e. The van der Waals surface area contributed by atoms with Gasteiger partial charge in [-0.05, 0) is 36.8 Å². The molecular formula is C14H19ClN4O2S. The number of hydrogen-bond acceptors (Lipinski definition) is 5. The number of methoxy groups -OCH3 is 1. The van der Waals surface area contributed by atoms with Crippen molar-refractivity contribution in [2.45, 2.75) is 26.8 Å². The fraction of sp³-hybridized carbons (Fsp3) is 0.429. The van der Waals surface area contributed by atoms with Crippen LogP contribution in [0.3, 0.4) is 0 Å². The molecule has 0 aliphatic heterocycles. The average Bonchev–Trinajstić information content (AvgIpc) is 2.87. The lowest BCUT2D eigenvalue weighted by Crippen LogP contribution is -2.17. The van der Waals surface area contributed by atoms with Crippen LogP contribution in [0.1, 0.15) is 25.2 Å². The molecule has 1 aromatic carbocycles. The smallest absolute Gasteiger partial charge is 0.214 e. The lowest BCUT2D eigenvalue weighted by Gasteiger charge is -2.14. The van der Waals surface area contributed by atoms with Crippen LogP contribution in [-0.2, 0) is 13.0 Å². The lowest BCUT2D eigenvalue weighted by atomic mass is 10.2. The third-order valence-corrected chi connectivity index (χ3v) is 3.63. The van der Waals surface area contributed by atoms with Crippen molar-refractivity contribution < 1.29 is 9.47 Å². The zero-order valence-corrected chi connectivity index (χ0v) is 14.3. The summed E-state index contributed by atoms with van der Waals surface area (Å²) in [6.45, 7) is 4.97. The summed E-state index contributed by atoms with van der Waals surface area (Å²) in [5.41, 5.74) is 4.18. The van der Waals surface area contributed by atoms with E-state index in [9.17, 15) is 0 Å². The summed E-state index contributed by atoms with van der Waals surface area (Å²) in [7, 11) is 1.59. The van der Waals surface area contributed by atoms with Crippen LogP contribution in [-0.4, -0.2) is 28.6 Å².